The monoisotopic (exact) mass is 316 g/mol. The van der Waals surface area contributed by atoms with E-state index in [9.17, 15) is 0 Å². The molecule has 0 bridgehead atoms. The third-order valence-corrected chi connectivity index (χ3v) is 4.52. The van der Waals surface area contributed by atoms with E-state index in [4.69, 9.17) is 0 Å². The van der Waals surface area contributed by atoms with E-state index in [1.807, 2.05) is 0 Å². The fraction of sp³-hybridized carbons (Fsp3) is 0.571. The van der Waals surface area contributed by atoms with Crippen molar-refractivity contribution < 1.29 is 0 Å². The Kier molecular flexibility index (Phi) is 5.65. The van der Waals surface area contributed by atoms with Gasteiger partial charge < -0.3 is 0 Å². The smallest absolute Gasteiger partial charge is 0.0188 e. The molecule has 0 aliphatic carbocycles. The van der Waals surface area contributed by atoms with Crippen molar-refractivity contribution in [3.63, 3.8) is 0 Å². The quantitative estimate of drug-likeness (QED) is 0.528. The van der Waals surface area contributed by atoms with Crippen molar-refractivity contribution in [3.8, 4) is 0 Å². The number of unbranched alkanes of at least 4 members (excludes halogenated alkanes) is 3. The molecule has 0 heterocycles. The number of benzene rings is 1. The van der Waals surface area contributed by atoms with Crippen LogP contribution in [0.5, 0.6) is 0 Å². The third kappa shape index (κ3) is 4.13. The van der Waals surface area contributed by atoms with Crippen LogP contribution in [0, 0.1) is 17.4 Å². The predicted octanol–water partition coefficient (Wildman–Crippen LogP) is 5.03. The minimum atomic E-state index is 1.25. The fourth-order valence-corrected chi connectivity index (χ4v) is 2.25. The van der Waals surface area contributed by atoms with Crippen LogP contribution in [-0.2, 0) is 6.42 Å². The van der Waals surface area contributed by atoms with Gasteiger partial charge in [0.1, 0.15) is 0 Å². The molecule has 0 radical (unpaired) electrons. The molecule has 1 rings (SSSR count). The predicted molar refractivity (Wildman–Crippen MR) is 76.5 cm³/mol. The number of aryl methyl sites for hydroxylation is 3. The number of hydrogen-bond acceptors (Lipinski definition) is 0. The van der Waals surface area contributed by atoms with Gasteiger partial charge in [-0.05, 0) is 66.0 Å². The molecule has 0 aromatic heterocycles. The first-order valence-corrected chi connectivity index (χ1v) is 6.98. The normalized spacial score (nSPS) is 10.7. The highest BCUT2D eigenvalue weighted by Gasteiger charge is 2.01. The van der Waals surface area contributed by atoms with E-state index in [0.29, 0.717) is 0 Å². The van der Waals surface area contributed by atoms with Crippen LogP contribution in [-0.4, -0.2) is 0 Å². The SMILES string of the molecule is CCCCCCc1cc(C)c(I)c(C)c1. The van der Waals surface area contributed by atoms with E-state index in [0.717, 1.165) is 0 Å². The lowest BCUT2D eigenvalue weighted by Gasteiger charge is -2.07. The van der Waals surface area contributed by atoms with Crippen molar-refractivity contribution >= 4 is 22.6 Å². The Morgan fingerprint density at radius 1 is 1.00 bits per heavy atom. The van der Waals surface area contributed by atoms with Crippen LogP contribution in [0.15, 0.2) is 12.1 Å². The van der Waals surface area contributed by atoms with E-state index >= 15 is 0 Å². The summed E-state index contributed by atoms with van der Waals surface area (Å²) in [7, 11) is 0. The van der Waals surface area contributed by atoms with Gasteiger partial charge >= 0.3 is 0 Å². The molecule has 0 atom stereocenters. The van der Waals surface area contributed by atoms with Gasteiger partial charge in [0.25, 0.3) is 0 Å². The van der Waals surface area contributed by atoms with Crippen molar-refractivity contribution in [2.45, 2.75) is 52.9 Å². The Hall–Kier alpha value is -0.0500. The molecular weight excluding hydrogens is 295 g/mol. The molecule has 0 N–H and O–H groups in total. The van der Waals surface area contributed by atoms with Gasteiger partial charge in [-0.1, -0.05) is 38.3 Å². The summed E-state index contributed by atoms with van der Waals surface area (Å²) in [5.74, 6) is 0. The highest BCUT2D eigenvalue weighted by molar-refractivity contribution is 14.1. The molecule has 0 fully saturated rings. The zero-order valence-electron chi connectivity index (χ0n) is 10.1. The molecule has 15 heavy (non-hydrogen) atoms. The molecule has 0 unspecified atom stereocenters. The van der Waals surface area contributed by atoms with Gasteiger partial charge in [0.15, 0.2) is 0 Å². The number of rotatable bonds is 5. The standard InChI is InChI=1S/C14H21I/c1-4-5-6-7-8-13-9-11(2)14(15)12(3)10-13/h9-10H,4-8H2,1-3H3. The van der Waals surface area contributed by atoms with Crippen LogP contribution >= 0.6 is 22.6 Å². The highest BCUT2D eigenvalue weighted by Crippen LogP contribution is 2.20. The van der Waals surface area contributed by atoms with Gasteiger partial charge in [-0.15, -0.1) is 0 Å². The molecule has 0 aliphatic rings. The zero-order chi connectivity index (χ0) is 11.3. The average molecular weight is 316 g/mol. The lowest BCUT2D eigenvalue weighted by molar-refractivity contribution is 0.666. The maximum atomic E-state index is 2.44. The fourth-order valence-electron chi connectivity index (χ4n) is 1.94. The van der Waals surface area contributed by atoms with Gasteiger partial charge in [-0.3, -0.25) is 0 Å². The van der Waals surface area contributed by atoms with E-state index in [1.165, 1.54) is 52.4 Å². The van der Waals surface area contributed by atoms with E-state index in [-0.39, 0.29) is 0 Å². The molecular formula is C14H21I. The topological polar surface area (TPSA) is 0 Å². The second-order valence-electron chi connectivity index (χ2n) is 4.35. The van der Waals surface area contributed by atoms with Gasteiger partial charge in [0.05, 0.1) is 0 Å². The molecule has 84 valence electrons. The Labute approximate surface area is 108 Å². The first-order chi connectivity index (χ1) is 7.15. The van der Waals surface area contributed by atoms with E-state index < -0.39 is 0 Å². The van der Waals surface area contributed by atoms with E-state index in [1.54, 1.807) is 0 Å². The molecule has 1 heteroatoms. The highest BCUT2D eigenvalue weighted by atomic mass is 127. The second kappa shape index (κ2) is 6.51. The van der Waals surface area contributed by atoms with Crippen molar-refractivity contribution in [1.82, 2.24) is 0 Å². The van der Waals surface area contributed by atoms with Crippen LogP contribution < -0.4 is 0 Å². The first-order valence-electron chi connectivity index (χ1n) is 5.90. The summed E-state index contributed by atoms with van der Waals surface area (Å²) in [5, 5.41) is 0. The minimum Gasteiger partial charge on any atom is -0.0654 e. The summed E-state index contributed by atoms with van der Waals surface area (Å²) in [6.07, 6.45) is 6.67. The first kappa shape index (κ1) is 13.0. The van der Waals surface area contributed by atoms with Crippen LogP contribution in [0.2, 0.25) is 0 Å². The molecule has 1 aromatic carbocycles. The Morgan fingerprint density at radius 2 is 1.60 bits per heavy atom. The van der Waals surface area contributed by atoms with E-state index in [2.05, 4.69) is 55.5 Å². The van der Waals surface area contributed by atoms with Crippen LogP contribution in [0.4, 0.5) is 0 Å². The largest absolute Gasteiger partial charge is 0.0654 e. The van der Waals surface area contributed by atoms with Gasteiger partial charge in [-0.2, -0.15) is 0 Å². The van der Waals surface area contributed by atoms with Gasteiger partial charge in [0, 0.05) is 3.57 Å². The summed E-state index contributed by atoms with van der Waals surface area (Å²) in [6.45, 7) is 6.69. The van der Waals surface area contributed by atoms with Crippen molar-refractivity contribution in [2.24, 2.45) is 0 Å². The Bertz CT molecular complexity index is 292. The number of hydrogen-bond donors (Lipinski definition) is 0. The molecule has 0 aliphatic heterocycles. The molecule has 0 amide bonds. The molecule has 1 aromatic rings. The van der Waals surface area contributed by atoms with Crippen LogP contribution in [0.25, 0.3) is 0 Å². The van der Waals surface area contributed by atoms with Crippen molar-refractivity contribution in [3.05, 3.63) is 32.4 Å². The Morgan fingerprint density at radius 3 is 2.13 bits per heavy atom. The summed E-state index contributed by atoms with van der Waals surface area (Å²) in [4.78, 5) is 0. The van der Waals surface area contributed by atoms with Crippen LogP contribution in [0.1, 0.15) is 49.3 Å². The summed E-state index contributed by atoms with van der Waals surface area (Å²) < 4.78 is 1.42. The van der Waals surface area contributed by atoms with Crippen LogP contribution in [0.3, 0.4) is 0 Å². The molecule has 0 spiro atoms. The molecule has 0 saturated carbocycles. The summed E-state index contributed by atoms with van der Waals surface area (Å²) in [5.41, 5.74) is 4.38. The van der Waals surface area contributed by atoms with Gasteiger partial charge in [-0.25, -0.2) is 0 Å². The lowest BCUT2D eigenvalue weighted by Crippen LogP contribution is -1.92. The molecule has 0 nitrogen and oxygen atoms in total. The third-order valence-electron chi connectivity index (χ3n) is 2.82. The second-order valence-corrected chi connectivity index (χ2v) is 5.43. The lowest BCUT2D eigenvalue weighted by atomic mass is 10.0. The average Bonchev–Trinajstić information content (AvgIpc) is 2.21. The Balaban J connectivity index is 2.55. The summed E-state index contributed by atoms with van der Waals surface area (Å²) in [6, 6.07) is 4.70. The number of halogens is 1. The minimum absolute atomic E-state index is 1.25. The van der Waals surface area contributed by atoms with Gasteiger partial charge in [0.2, 0.25) is 0 Å². The summed E-state index contributed by atoms with van der Waals surface area (Å²) >= 11 is 2.44. The maximum Gasteiger partial charge on any atom is 0.0188 e. The van der Waals surface area contributed by atoms with Crippen molar-refractivity contribution in [2.75, 3.05) is 0 Å². The zero-order valence-corrected chi connectivity index (χ0v) is 12.2. The maximum absolute atomic E-state index is 2.44. The van der Waals surface area contributed by atoms with Crippen molar-refractivity contribution in [1.29, 1.82) is 0 Å². The molecule has 0 saturated heterocycles.